The molecule has 0 radical (unpaired) electrons. The molecule has 21 heavy (non-hydrogen) atoms. The first-order chi connectivity index (χ1) is 10.2. The van der Waals surface area contributed by atoms with E-state index in [-0.39, 0.29) is 0 Å². The average molecular weight is 288 g/mol. The van der Waals surface area contributed by atoms with E-state index in [0.717, 1.165) is 18.9 Å². The fourth-order valence-corrected chi connectivity index (χ4v) is 3.39. The van der Waals surface area contributed by atoms with Crippen LogP contribution in [-0.2, 0) is 6.42 Å². The van der Waals surface area contributed by atoms with E-state index in [4.69, 9.17) is 4.74 Å². The summed E-state index contributed by atoms with van der Waals surface area (Å²) in [6.07, 6.45) is 4.94. The Hall–Kier alpha value is -1.22. The maximum Gasteiger partial charge on any atom is 0.119 e. The summed E-state index contributed by atoms with van der Waals surface area (Å²) in [6.45, 7) is 9.00. The zero-order valence-electron chi connectivity index (χ0n) is 13.4. The molecular formula is C18H28N2O. The van der Waals surface area contributed by atoms with Crippen molar-refractivity contribution in [3.63, 3.8) is 0 Å². The normalized spacial score (nSPS) is 20.1. The van der Waals surface area contributed by atoms with Crippen LogP contribution < -0.4 is 10.1 Å². The third-order valence-corrected chi connectivity index (χ3v) is 4.88. The quantitative estimate of drug-likeness (QED) is 0.917. The highest BCUT2D eigenvalue weighted by molar-refractivity contribution is 5.55. The minimum Gasteiger partial charge on any atom is -0.493 e. The summed E-state index contributed by atoms with van der Waals surface area (Å²) >= 11 is 0. The highest BCUT2D eigenvalue weighted by Gasteiger charge is 2.21. The van der Waals surface area contributed by atoms with Crippen molar-refractivity contribution < 1.29 is 4.74 Å². The number of nitrogens with zero attached hydrogens (tertiary/aromatic N) is 1. The van der Waals surface area contributed by atoms with Gasteiger partial charge in [-0.1, -0.05) is 0 Å². The van der Waals surface area contributed by atoms with E-state index in [1.807, 2.05) is 0 Å². The van der Waals surface area contributed by atoms with Crippen LogP contribution in [0.15, 0.2) is 18.2 Å². The molecule has 2 aliphatic rings. The molecule has 1 N–H and O–H groups in total. The molecule has 3 heteroatoms. The van der Waals surface area contributed by atoms with Crippen LogP contribution in [0.4, 0.5) is 5.69 Å². The van der Waals surface area contributed by atoms with Gasteiger partial charge in [-0.3, -0.25) is 0 Å². The summed E-state index contributed by atoms with van der Waals surface area (Å²) in [4.78, 5) is 2.57. The van der Waals surface area contributed by atoms with Crippen molar-refractivity contribution in [2.75, 3.05) is 31.6 Å². The van der Waals surface area contributed by atoms with Crippen molar-refractivity contribution in [3.8, 4) is 5.75 Å². The van der Waals surface area contributed by atoms with Crippen molar-refractivity contribution in [1.29, 1.82) is 0 Å². The maximum absolute atomic E-state index is 6.06. The fourth-order valence-electron chi connectivity index (χ4n) is 3.39. The summed E-state index contributed by atoms with van der Waals surface area (Å²) in [5.41, 5.74) is 2.70. The number of aryl methyl sites for hydroxylation is 1. The monoisotopic (exact) mass is 288 g/mol. The second-order valence-corrected chi connectivity index (χ2v) is 6.73. The SMILES string of the molecule is CC(C)N1CCC(COc2ccc3c(c2)CCCN3)CC1. The van der Waals surface area contributed by atoms with Gasteiger partial charge in [-0.15, -0.1) is 0 Å². The second kappa shape index (κ2) is 6.69. The molecule has 0 aromatic heterocycles. The number of benzene rings is 1. The molecule has 0 bridgehead atoms. The van der Waals surface area contributed by atoms with Crippen LogP contribution in [0.2, 0.25) is 0 Å². The molecule has 1 saturated heterocycles. The Morgan fingerprint density at radius 2 is 2.10 bits per heavy atom. The van der Waals surface area contributed by atoms with Gasteiger partial charge in [0.2, 0.25) is 0 Å². The largest absolute Gasteiger partial charge is 0.493 e. The lowest BCUT2D eigenvalue weighted by molar-refractivity contribution is 0.119. The number of piperidine rings is 1. The molecule has 0 amide bonds. The fraction of sp³-hybridized carbons (Fsp3) is 0.667. The summed E-state index contributed by atoms with van der Waals surface area (Å²) < 4.78 is 6.06. The highest BCUT2D eigenvalue weighted by atomic mass is 16.5. The van der Waals surface area contributed by atoms with Crippen LogP contribution in [0, 0.1) is 5.92 Å². The van der Waals surface area contributed by atoms with Crippen LogP contribution in [0.25, 0.3) is 0 Å². The van der Waals surface area contributed by atoms with Gasteiger partial charge in [0.15, 0.2) is 0 Å². The molecular weight excluding hydrogens is 260 g/mol. The Balaban J connectivity index is 1.49. The lowest BCUT2D eigenvalue weighted by atomic mass is 9.97. The summed E-state index contributed by atoms with van der Waals surface area (Å²) in [5.74, 6) is 1.76. The van der Waals surface area contributed by atoms with E-state index in [2.05, 4.69) is 42.3 Å². The van der Waals surface area contributed by atoms with Crippen molar-refractivity contribution in [1.82, 2.24) is 4.90 Å². The van der Waals surface area contributed by atoms with Gasteiger partial charge in [-0.05, 0) is 82.3 Å². The van der Waals surface area contributed by atoms with Crippen LogP contribution in [0.5, 0.6) is 5.75 Å². The van der Waals surface area contributed by atoms with Crippen LogP contribution in [0.1, 0.15) is 38.7 Å². The van der Waals surface area contributed by atoms with Crippen LogP contribution in [-0.4, -0.2) is 37.2 Å². The number of ether oxygens (including phenoxy) is 1. The third-order valence-electron chi connectivity index (χ3n) is 4.88. The standard InChI is InChI=1S/C18H28N2O/c1-14(2)20-10-7-15(8-11-20)13-21-17-5-6-18-16(12-17)4-3-9-19-18/h5-6,12,14-15,19H,3-4,7-11,13H2,1-2H3. The molecule has 2 aliphatic heterocycles. The summed E-state index contributed by atoms with van der Waals surface area (Å²) in [7, 11) is 0. The molecule has 1 fully saturated rings. The van der Waals surface area contributed by atoms with Gasteiger partial charge in [0.25, 0.3) is 0 Å². The molecule has 1 aromatic rings. The Labute approximate surface area is 128 Å². The molecule has 0 unspecified atom stereocenters. The van der Waals surface area contributed by atoms with E-state index in [9.17, 15) is 0 Å². The second-order valence-electron chi connectivity index (χ2n) is 6.73. The number of fused-ring (bicyclic) bond motifs is 1. The minimum atomic E-state index is 0.681. The Morgan fingerprint density at radius 1 is 1.29 bits per heavy atom. The molecule has 0 aliphatic carbocycles. The highest BCUT2D eigenvalue weighted by Crippen LogP contribution is 2.27. The summed E-state index contributed by atoms with van der Waals surface area (Å²) in [6, 6.07) is 7.19. The van der Waals surface area contributed by atoms with E-state index in [0.29, 0.717) is 12.0 Å². The van der Waals surface area contributed by atoms with Crippen molar-refractivity contribution in [2.45, 2.75) is 45.6 Å². The molecule has 3 nitrogen and oxygen atoms in total. The van der Waals surface area contributed by atoms with Gasteiger partial charge in [0, 0.05) is 18.3 Å². The van der Waals surface area contributed by atoms with Crippen molar-refractivity contribution in [2.24, 2.45) is 5.92 Å². The Bertz CT molecular complexity index is 464. The van der Waals surface area contributed by atoms with Crippen molar-refractivity contribution in [3.05, 3.63) is 23.8 Å². The predicted molar refractivity (Wildman–Crippen MR) is 88.2 cm³/mol. The Kier molecular flexibility index (Phi) is 4.69. The third kappa shape index (κ3) is 3.70. The number of likely N-dealkylation sites (tertiary alicyclic amines) is 1. The smallest absolute Gasteiger partial charge is 0.119 e. The topological polar surface area (TPSA) is 24.5 Å². The first kappa shape index (κ1) is 14.7. The molecule has 116 valence electrons. The van der Waals surface area contributed by atoms with Gasteiger partial charge in [-0.25, -0.2) is 0 Å². The minimum absolute atomic E-state index is 0.681. The molecule has 3 rings (SSSR count). The molecule has 0 saturated carbocycles. The van der Waals surface area contributed by atoms with Crippen LogP contribution in [0.3, 0.4) is 0 Å². The molecule has 0 spiro atoms. The zero-order valence-corrected chi connectivity index (χ0v) is 13.4. The van der Waals surface area contributed by atoms with Gasteiger partial charge in [0.1, 0.15) is 5.75 Å². The lowest BCUT2D eigenvalue weighted by Gasteiger charge is -2.34. The molecule has 0 atom stereocenters. The van der Waals surface area contributed by atoms with Gasteiger partial charge in [-0.2, -0.15) is 0 Å². The number of rotatable bonds is 4. The molecule has 2 heterocycles. The zero-order chi connectivity index (χ0) is 14.7. The predicted octanol–water partition coefficient (Wildman–Crippen LogP) is 3.54. The number of hydrogen-bond donors (Lipinski definition) is 1. The van der Waals surface area contributed by atoms with E-state index >= 15 is 0 Å². The first-order valence-corrected chi connectivity index (χ1v) is 8.46. The lowest BCUT2D eigenvalue weighted by Crippen LogP contribution is -2.39. The van der Waals surface area contributed by atoms with Gasteiger partial charge >= 0.3 is 0 Å². The van der Waals surface area contributed by atoms with Gasteiger partial charge in [0.05, 0.1) is 6.61 Å². The average Bonchev–Trinajstić information content (AvgIpc) is 2.53. The number of anilines is 1. The Morgan fingerprint density at radius 3 is 2.86 bits per heavy atom. The molecule has 1 aromatic carbocycles. The first-order valence-electron chi connectivity index (χ1n) is 8.46. The van der Waals surface area contributed by atoms with E-state index < -0.39 is 0 Å². The van der Waals surface area contributed by atoms with E-state index in [1.165, 1.54) is 50.0 Å². The number of hydrogen-bond acceptors (Lipinski definition) is 3. The van der Waals surface area contributed by atoms with Gasteiger partial charge < -0.3 is 15.0 Å². The van der Waals surface area contributed by atoms with Crippen LogP contribution >= 0.6 is 0 Å². The van der Waals surface area contributed by atoms with Crippen molar-refractivity contribution >= 4 is 5.69 Å². The maximum atomic E-state index is 6.06. The number of nitrogens with one attached hydrogen (secondary N) is 1. The van der Waals surface area contributed by atoms with E-state index in [1.54, 1.807) is 0 Å². The summed E-state index contributed by atoms with van der Waals surface area (Å²) in [5, 5.41) is 3.45.